The summed E-state index contributed by atoms with van der Waals surface area (Å²) in [6.45, 7) is 1.33. The Bertz CT molecular complexity index is 304. The highest BCUT2D eigenvalue weighted by Crippen LogP contribution is 2.27. The average molecular weight is 271 g/mol. The maximum absolute atomic E-state index is 12.5. The summed E-state index contributed by atoms with van der Waals surface area (Å²) in [6, 6.07) is -0.117. The molecule has 5 nitrogen and oxygen atoms in total. The second-order valence-corrected chi connectivity index (χ2v) is 5.60. The van der Waals surface area contributed by atoms with E-state index >= 15 is 0 Å². The van der Waals surface area contributed by atoms with Gasteiger partial charge in [0.25, 0.3) is 0 Å². The quantitative estimate of drug-likeness (QED) is 0.825. The van der Waals surface area contributed by atoms with Crippen molar-refractivity contribution >= 4 is 5.91 Å². The molecule has 1 aliphatic heterocycles. The zero-order chi connectivity index (χ0) is 13.8. The summed E-state index contributed by atoms with van der Waals surface area (Å²) in [5, 5.41) is 10.3. The molecule has 2 aliphatic rings. The number of methoxy groups -OCH3 is 1. The molecule has 2 rings (SSSR count). The lowest BCUT2D eigenvalue weighted by molar-refractivity contribution is -0.147. The Morgan fingerprint density at radius 2 is 1.95 bits per heavy atom. The maximum Gasteiger partial charge on any atom is 0.225 e. The summed E-state index contributed by atoms with van der Waals surface area (Å²) in [4.78, 5) is 14.2. The molecule has 0 aromatic heterocycles. The van der Waals surface area contributed by atoms with E-state index in [9.17, 15) is 9.90 Å². The number of ether oxygens (including phenoxy) is 2. The van der Waals surface area contributed by atoms with Crippen LogP contribution in [0.25, 0.3) is 0 Å². The minimum atomic E-state index is -0.576. The lowest BCUT2D eigenvalue weighted by Gasteiger charge is -2.40. The van der Waals surface area contributed by atoms with Gasteiger partial charge in [-0.1, -0.05) is 0 Å². The molecule has 19 heavy (non-hydrogen) atoms. The van der Waals surface area contributed by atoms with Gasteiger partial charge >= 0.3 is 0 Å². The van der Waals surface area contributed by atoms with Gasteiger partial charge in [-0.2, -0.15) is 0 Å². The van der Waals surface area contributed by atoms with Crippen LogP contribution in [0.5, 0.6) is 0 Å². The summed E-state index contributed by atoms with van der Waals surface area (Å²) in [5.74, 6) is 0.193. The van der Waals surface area contributed by atoms with Crippen molar-refractivity contribution in [3.63, 3.8) is 0 Å². The first kappa shape index (κ1) is 14.8. The fourth-order valence-electron chi connectivity index (χ4n) is 3.19. The van der Waals surface area contributed by atoms with E-state index in [-0.39, 0.29) is 24.0 Å². The number of carbonyl (C=O) groups excluding carboxylic acids is 1. The van der Waals surface area contributed by atoms with Gasteiger partial charge in [-0.3, -0.25) is 4.79 Å². The highest BCUT2D eigenvalue weighted by Gasteiger charge is 2.37. The molecule has 1 saturated heterocycles. The van der Waals surface area contributed by atoms with E-state index in [1.807, 2.05) is 7.05 Å². The number of nitrogens with zero attached hydrogens (tertiary/aromatic N) is 1. The van der Waals surface area contributed by atoms with Crippen molar-refractivity contribution in [1.82, 2.24) is 4.90 Å². The van der Waals surface area contributed by atoms with Crippen LogP contribution in [-0.4, -0.2) is 61.5 Å². The van der Waals surface area contributed by atoms with Gasteiger partial charge in [-0.25, -0.2) is 0 Å². The molecule has 0 spiro atoms. The van der Waals surface area contributed by atoms with Crippen LogP contribution >= 0.6 is 0 Å². The Morgan fingerprint density at radius 1 is 1.26 bits per heavy atom. The standard InChI is InChI=1S/C14H25NO4/c1-15(14(17)10-6-8-19-9-7-10)11-4-3-5-12(18-2)13(11)16/h10-13,16H,3-9H2,1-2H3/t11-,12-,13-/m1/s1. The molecule has 1 N–H and O–H groups in total. The number of hydrogen-bond acceptors (Lipinski definition) is 4. The lowest BCUT2D eigenvalue weighted by Crippen LogP contribution is -2.53. The third kappa shape index (κ3) is 3.27. The number of aliphatic hydroxyl groups excluding tert-OH is 1. The minimum absolute atomic E-state index is 0.0499. The van der Waals surface area contributed by atoms with Crippen LogP contribution in [0.4, 0.5) is 0 Å². The first-order chi connectivity index (χ1) is 9.15. The van der Waals surface area contributed by atoms with E-state index in [0.717, 1.165) is 32.1 Å². The number of hydrogen-bond donors (Lipinski definition) is 1. The Kier molecular flexibility index (Phi) is 5.19. The molecule has 0 aromatic rings. The van der Waals surface area contributed by atoms with Gasteiger partial charge in [0.15, 0.2) is 0 Å². The fourth-order valence-corrected chi connectivity index (χ4v) is 3.19. The second-order valence-electron chi connectivity index (χ2n) is 5.60. The predicted octanol–water partition coefficient (Wildman–Crippen LogP) is 0.800. The SMILES string of the molecule is CO[C@@H]1CCC[C@@H](N(C)C(=O)C2CCOCC2)[C@H]1O. The first-order valence-electron chi connectivity index (χ1n) is 7.20. The molecule has 3 atom stereocenters. The molecular weight excluding hydrogens is 246 g/mol. The molecule has 1 heterocycles. The Hall–Kier alpha value is -0.650. The lowest BCUT2D eigenvalue weighted by atomic mass is 9.88. The van der Waals surface area contributed by atoms with Crippen LogP contribution in [0.15, 0.2) is 0 Å². The fraction of sp³-hybridized carbons (Fsp3) is 0.929. The molecule has 2 fully saturated rings. The average Bonchev–Trinajstić information content (AvgIpc) is 2.47. The van der Waals surface area contributed by atoms with Crippen LogP contribution in [0.2, 0.25) is 0 Å². The molecule has 0 aromatic carbocycles. The van der Waals surface area contributed by atoms with Gasteiger partial charge in [0.05, 0.1) is 12.1 Å². The summed E-state index contributed by atoms with van der Waals surface area (Å²) < 4.78 is 10.6. The van der Waals surface area contributed by atoms with Crippen molar-refractivity contribution in [2.45, 2.75) is 50.4 Å². The normalized spacial score (nSPS) is 33.1. The van der Waals surface area contributed by atoms with E-state index in [1.54, 1.807) is 12.0 Å². The molecule has 0 radical (unpaired) electrons. The molecule has 5 heteroatoms. The number of rotatable bonds is 3. The first-order valence-corrected chi connectivity index (χ1v) is 7.20. The highest BCUT2D eigenvalue weighted by atomic mass is 16.5. The molecule has 1 aliphatic carbocycles. The van der Waals surface area contributed by atoms with Crippen molar-refractivity contribution in [1.29, 1.82) is 0 Å². The van der Waals surface area contributed by atoms with Crippen molar-refractivity contribution in [2.75, 3.05) is 27.4 Å². The third-order valence-electron chi connectivity index (χ3n) is 4.48. The molecule has 1 amide bonds. The van der Waals surface area contributed by atoms with Crippen LogP contribution in [0, 0.1) is 5.92 Å². The summed E-state index contributed by atoms with van der Waals surface area (Å²) in [5.41, 5.74) is 0. The van der Waals surface area contributed by atoms with Crippen LogP contribution in [0.3, 0.4) is 0 Å². The van der Waals surface area contributed by atoms with Gasteiger partial charge in [0.2, 0.25) is 5.91 Å². The summed E-state index contributed by atoms with van der Waals surface area (Å²) in [6.07, 6.45) is 3.57. The Morgan fingerprint density at radius 3 is 2.58 bits per heavy atom. The van der Waals surface area contributed by atoms with E-state index < -0.39 is 6.10 Å². The van der Waals surface area contributed by atoms with E-state index in [1.165, 1.54) is 0 Å². The van der Waals surface area contributed by atoms with Gasteiger partial charge in [-0.15, -0.1) is 0 Å². The summed E-state index contributed by atoms with van der Waals surface area (Å²) in [7, 11) is 3.43. The predicted molar refractivity (Wildman–Crippen MR) is 70.8 cm³/mol. The molecule has 0 bridgehead atoms. The maximum atomic E-state index is 12.5. The summed E-state index contributed by atoms with van der Waals surface area (Å²) >= 11 is 0. The number of aliphatic hydroxyl groups is 1. The topological polar surface area (TPSA) is 59.0 Å². The van der Waals surface area contributed by atoms with E-state index in [2.05, 4.69) is 0 Å². The Balaban J connectivity index is 1.97. The highest BCUT2D eigenvalue weighted by molar-refractivity contribution is 5.79. The second kappa shape index (κ2) is 6.68. The number of carbonyl (C=O) groups is 1. The van der Waals surface area contributed by atoms with E-state index in [0.29, 0.717) is 13.2 Å². The number of amides is 1. The minimum Gasteiger partial charge on any atom is -0.388 e. The molecule has 110 valence electrons. The van der Waals surface area contributed by atoms with Crippen molar-refractivity contribution in [2.24, 2.45) is 5.92 Å². The molecule has 1 saturated carbocycles. The van der Waals surface area contributed by atoms with Crippen molar-refractivity contribution in [3.8, 4) is 0 Å². The van der Waals surface area contributed by atoms with E-state index in [4.69, 9.17) is 9.47 Å². The van der Waals surface area contributed by atoms with Crippen LogP contribution in [-0.2, 0) is 14.3 Å². The van der Waals surface area contributed by atoms with Crippen LogP contribution < -0.4 is 0 Å². The molecule has 0 unspecified atom stereocenters. The smallest absolute Gasteiger partial charge is 0.225 e. The zero-order valence-electron chi connectivity index (χ0n) is 11.9. The Labute approximate surface area is 114 Å². The third-order valence-corrected chi connectivity index (χ3v) is 4.48. The monoisotopic (exact) mass is 271 g/mol. The van der Waals surface area contributed by atoms with Gasteiger partial charge in [0, 0.05) is 33.3 Å². The number of likely N-dealkylation sites (N-methyl/N-ethyl adjacent to an activating group) is 1. The largest absolute Gasteiger partial charge is 0.388 e. The molecular formula is C14H25NO4. The zero-order valence-corrected chi connectivity index (χ0v) is 11.9. The van der Waals surface area contributed by atoms with Gasteiger partial charge < -0.3 is 19.5 Å². The van der Waals surface area contributed by atoms with Crippen molar-refractivity contribution in [3.05, 3.63) is 0 Å². The van der Waals surface area contributed by atoms with Gasteiger partial charge in [-0.05, 0) is 32.1 Å². The van der Waals surface area contributed by atoms with Crippen LogP contribution in [0.1, 0.15) is 32.1 Å². The van der Waals surface area contributed by atoms with Crippen molar-refractivity contribution < 1.29 is 19.4 Å². The van der Waals surface area contributed by atoms with Gasteiger partial charge in [0.1, 0.15) is 6.10 Å².